The average Bonchev–Trinajstić information content (AvgIpc) is 3.45. The highest BCUT2D eigenvalue weighted by Crippen LogP contribution is 2.32. The van der Waals surface area contributed by atoms with Crippen molar-refractivity contribution in [1.29, 1.82) is 0 Å². The molecule has 3 aromatic rings. The van der Waals surface area contributed by atoms with Gasteiger partial charge in [0.2, 0.25) is 5.89 Å². The molecule has 1 aliphatic rings. The Balaban J connectivity index is 1.45. The highest BCUT2D eigenvalue weighted by Gasteiger charge is 2.32. The molecule has 2 heterocycles. The maximum atomic E-state index is 12.8. The highest BCUT2D eigenvalue weighted by molar-refractivity contribution is 5.76. The van der Waals surface area contributed by atoms with Gasteiger partial charge in [-0.25, -0.2) is 4.98 Å². The van der Waals surface area contributed by atoms with Crippen LogP contribution in [0.2, 0.25) is 0 Å². The predicted molar refractivity (Wildman–Crippen MR) is 123 cm³/mol. The van der Waals surface area contributed by atoms with Crippen LogP contribution in [0, 0.1) is 13.8 Å². The molecule has 1 atom stereocenters. The Kier molecular flexibility index (Phi) is 7.16. The van der Waals surface area contributed by atoms with E-state index in [9.17, 15) is 18.0 Å². The molecule has 1 fully saturated rings. The van der Waals surface area contributed by atoms with E-state index in [-0.39, 0.29) is 24.5 Å². The van der Waals surface area contributed by atoms with Gasteiger partial charge in [-0.2, -0.15) is 13.2 Å². The number of esters is 1. The SMILES string of the molecule is COC(=O)C1CCCN1Cc1cccc(OCc2nc(-c3ccc(C(F)(F)F)cc3)oc2C)c1C. The van der Waals surface area contributed by atoms with Crippen LogP contribution in [0.5, 0.6) is 5.75 Å². The number of oxazole rings is 1. The fourth-order valence-corrected chi connectivity index (χ4v) is 4.26. The van der Waals surface area contributed by atoms with Gasteiger partial charge in [-0.05, 0) is 74.7 Å². The summed E-state index contributed by atoms with van der Waals surface area (Å²) in [4.78, 5) is 18.6. The number of ether oxygens (including phenoxy) is 2. The molecular formula is C26H27F3N2O4. The molecule has 9 heteroatoms. The average molecular weight is 489 g/mol. The van der Waals surface area contributed by atoms with Gasteiger partial charge in [0.15, 0.2) is 0 Å². The number of benzene rings is 2. The summed E-state index contributed by atoms with van der Waals surface area (Å²) in [5, 5.41) is 0. The van der Waals surface area contributed by atoms with Crippen LogP contribution < -0.4 is 4.74 Å². The third-order valence-electron chi connectivity index (χ3n) is 6.32. The number of hydrogen-bond acceptors (Lipinski definition) is 6. The van der Waals surface area contributed by atoms with E-state index in [4.69, 9.17) is 13.9 Å². The molecule has 0 saturated carbocycles. The molecule has 0 aliphatic carbocycles. The first-order valence-electron chi connectivity index (χ1n) is 11.3. The lowest BCUT2D eigenvalue weighted by Gasteiger charge is -2.23. The molecule has 1 unspecified atom stereocenters. The van der Waals surface area contributed by atoms with Crippen molar-refractivity contribution in [3.63, 3.8) is 0 Å². The molecule has 4 rings (SSSR count). The molecule has 2 aromatic carbocycles. The summed E-state index contributed by atoms with van der Waals surface area (Å²) < 4.78 is 55.1. The molecule has 0 spiro atoms. The third kappa shape index (κ3) is 5.51. The number of aryl methyl sites for hydroxylation is 1. The normalized spacial score (nSPS) is 16.5. The van der Waals surface area contributed by atoms with Gasteiger partial charge in [0, 0.05) is 12.1 Å². The maximum absolute atomic E-state index is 12.8. The molecule has 0 amide bonds. The molecule has 35 heavy (non-hydrogen) atoms. The van der Waals surface area contributed by atoms with Gasteiger partial charge in [0.1, 0.15) is 29.9 Å². The zero-order valence-electron chi connectivity index (χ0n) is 19.8. The fourth-order valence-electron chi connectivity index (χ4n) is 4.26. The van der Waals surface area contributed by atoms with Crippen LogP contribution in [0.4, 0.5) is 13.2 Å². The molecule has 1 saturated heterocycles. The molecular weight excluding hydrogens is 461 g/mol. The van der Waals surface area contributed by atoms with Crippen LogP contribution >= 0.6 is 0 Å². The summed E-state index contributed by atoms with van der Waals surface area (Å²) >= 11 is 0. The number of aromatic nitrogens is 1. The minimum Gasteiger partial charge on any atom is -0.487 e. The van der Waals surface area contributed by atoms with Crippen LogP contribution in [-0.4, -0.2) is 35.5 Å². The van der Waals surface area contributed by atoms with Gasteiger partial charge in [-0.1, -0.05) is 12.1 Å². The second kappa shape index (κ2) is 10.1. The zero-order chi connectivity index (χ0) is 25.2. The number of rotatable bonds is 7. The quantitative estimate of drug-likeness (QED) is 0.398. The van der Waals surface area contributed by atoms with Crippen LogP contribution in [0.1, 0.15) is 41.0 Å². The van der Waals surface area contributed by atoms with Crippen molar-refractivity contribution in [1.82, 2.24) is 9.88 Å². The highest BCUT2D eigenvalue weighted by atomic mass is 19.4. The zero-order valence-corrected chi connectivity index (χ0v) is 19.8. The van der Waals surface area contributed by atoms with Crippen LogP contribution in [-0.2, 0) is 28.9 Å². The number of hydrogen-bond donors (Lipinski definition) is 0. The van der Waals surface area contributed by atoms with Gasteiger partial charge in [-0.15, -0.1) is 0 Å². The van der Waals surface area contributed by atoms with E-state index in [1.165, 1.54) is 19.2 Å². The van der Waals surface area contributed by atoms with Gasteiger partial charge < -0.3 is 13.9 Å². The Hall–Kier alpha value is -3.33. The summed E-state index contributed by atoms with van der Waals surface area (Å²) in [5.74, 6) is 1.25. The van der Waals surface area contributed by atoms with Gasteiger partial charge in [0.25, 0.3) is 0 Å². The number of likely N-dealkylation sites (tertiary alicyclic amines) is 1. The van der Waals surface area contributed by atoms with E-state index in [0.29, 0.717) is 29.3 Å². The smallest absolute Gasteiger partial charge is 0.416 e. The number of alkyl halides is 3. The van der Waals surface area contributed by atoms with Crippen molar-refractivity contribution in [3.8, 4) is 17.2 Å². The second-order valence-electron chi connectivity index (χ2n) is 8.58. The van der Waals surface area contributed by atoms with E-state index in [1.54, 1.807) is 6.92 Å². The fraction of sp³-hybridized carbons (Fsp3) is 0.385. The Bertz CT molecular complexity index is 1190. The number of methoxy groups -OCH3 is 1. The number of nitrogens with zero attached hydrogens (tertiary/aromatic N) is 2. The summed E-state index contributed by atoms with van der Waals surface area (Å²) in [6.45, 7) is 5.30. The molecule has 0 bridgehead atoms. The van der Waals surface area contributed by atoms with Crippen molar-refractivity contribution in [2.45, 2.75) is 52.1 Å². The molecule has 0 N–H and O–H groups in total. The summed E-state index contributed by atoms with van der Waals surface area (Å²) in [5.41, 5.74) is 2.31. The number of halogens is 3. The first-order chi connectivity index (χ1) is 16.7. The Morgan fingerprint density at radius 2 is 1.91 bits per heavy atom. The Labute approximate surface area is 201 Å². The second-order valence-corrected chi connectivity index (χ2v) is 8.58. The van der Waals surface area contributed by atoms with E-state index < -0.39 is 11.7 Å². The minimum absolute atomic E-state index is 0.148. The Morgan fingerprint density at radius 3 is 2.60 bits per heavy atom. The monoisotopic (exact) mass is 488 g/mol. The molecule has 6 nitrogen and oxygen atoms in total. The number of carbonyl (C=O) groups excluding carboxylic acids is 1. The lowest BCUT2D eigenvalue weighted by molar-refractivity contribution is -0.146. The predicted octanol–water partition coefficient (Wildman–Crippen LogP) is 5.69. The van der Waals surface area contributed by atoms with Crippen molar-refractivity contribution in [3.05, 3.63) is 70.6 Å². The van der Waals surface area contributed by atoms with Crippen LogP contribution in [0.25, 0.3) is 11.5 Å². The van der Waals surface area contributed by atoms with Crippen molar-refractivity contribution in [2.75, 3.05) is 13.7 Å². The number of carbonyl (C=O) groups is 1. The summed E-state index contributed by atoms with van der Waals surface area (Å²) in [7, 11) is 1.41. The van der Waals surface area contributed by atoms with Crippen molar-refractivity contribution < 1.29 is 31.9 Å². The lowest BCUT2D eigenvalue weighted by atomic mass is 10.1. The molecule has 0 radical (unpaired) electrons. The van der Waals surface area contributed by atoms with E-state index >= 15 is 0 Å². The molecule has 1 aromatic heterocycles. The summed E-state index contributed by atoms with van der Waals surface area (Å²) in [6, 6.07) is 10.2. The summed E-state index contributed by atoms with van der Waals surface area (Å²) in [6.07, 6.45) is -2.66. The minimum atomic E-state index is -4.40. The van der Waals surface area contributed by atoms with Crippen LogP contribution in [0.15, 0.2) is 46.9 Å². The van der Waals surface area contributed by atoms with Crippen molar-refractivity contribution >= 4 is 5.97 Å². The molecule has 1 aliphatic heterocycles. The first kappa shape index (κ1) is 24.8. The van der Waals surface area contributed by atoms with E-state index in [0.717, 1.165) is 42.6 Å². The van der Waals surface area contributed by atoms with Gasteiger partial charge >= 0.3 is 12.1 Å². The standard InChI is InChI=1S/C26H27F3N2O4/c1-16-19(14-31-13-5-7-22(31)25(32)33-3)6-4-8-23(16)34-15-21-17(2)35-24(30-21)18-9-11-20(12-10-18)26(27,28)29/h4,6,8-12,22H,5,7,13-15H2,1-3H3. The van der Waals surface area contributed by atoms with Gasteiger partial charge in [-0.3, -0.25) is 9.69 Å². The van der Waals surface area contributed by atoms with Crippen LogP contribution in [0.3, 0.4) is 0 Å². The Morgan fingerprint density at radius 1 is 1.17 bits per heavy atom. The first-order valence-corrected chi connectivity index (χ1v) is 11.3. The van der Waals surface area contributed by atoms with E-state index in [2.05, 4.69) is 9.88 Å². The van der Waals surface area contributed by atoms with Crippen molar-refractivity contribution in [2.24, 2.45) is 0 Å². The largest absolute Gasteiger partial charge is 0.487 e. The van der Waals surface area contributed by atoms with E-state index in [1.807, 2.05) is 25.1 Å². The topological polar surface area (TPSA) is 64.8 Å². The lowest BCUT2D eigenvalue weighted by Crippen LogP contribution is -2.36. The maximum Gasteiger partial charge on any atom is 0.416 e. The molecule has 186 valence electrons. The third-order valence-corrected chi connectivity index (χ3v) is 6.32. The van der Waals surface area contributed by atoms with Gasteiger partial charge in [0.05, 0.1) is 12.7 Å².